The summed E-state index contributed by atoms with van der Waals surface area (Å²) in [6, 6.07) is 22.4. The third-order valence-corrected chi connectivity index (χ3v) is 4.01. The molecule has 3 rings (SSSR count). The highest BCUT2D eigenvalue weighted by molar-refractivity contribution is 5.87. The highest BCUT2D eigenvalue weighted by Crippen LogP contribution is 2.25. The van der Waals surface area contributed by atoms with Gasteiger partial charge in [0.15, 0.2) is 0 Å². The Balaban J connectivity index is 2.03. The van der Waals surface area contributed by atoms with Gasteiger partial charge in [0.25, 0.3) is 0 Å². The second-order valence-electron chi connectivity index (χ2n) is 5.30. The molecule has 0 saturated carbocycles. The lowest BCUT2D eigenvalue weighted by molar-refractivity contribution is 1.14. The predicted molar refractivity (Wildman–Crippen MR) is 88.1 cm³/mol. The summed E-state index contributed by atoms with van der Waals surface area (Å²) in [7, 11) is 0. The highest BCUT2D eigenvalue weighted by atomic mass is 14.1. The average Bonchev–Trinajstić information content (AvgIpc) is 2.54. The van der Waals surface area contributed by atoms with Crippen molar-refractivity contribution in [2.45, 2.75) is 26.7 Å². The molecule has 0 N–H and O–H groups in total. The summed E-state index contributed by atoms with van der Waals surface area (Å²) in [6.45, 7) is 4.39. The summed E-state index contributed by atoms with van der Waals surface area (Å²) in [5.41, 5.74) is 5.38. The van der Waals surface area contributed by atoms with Gasteiger partial charge in [-0.1, -0.05) is 68.4 Å². The first-order valence-electron chi connectivity index (χ1n) is 7.42. The summed E-state index contributed by atoms with van der Waals surface area (Å²) in [5, 5.41) is 2.65. The molecule has 0 aliphatic carbocycles. The van der Waals surface area contributed by atoms with Crippen molar-refractivity contribution in [3.8, 4) is 11.1 Å². The maximum absolute atomic E-state index is 2.29. The number of aryl methyl sites for hydroxylation is 2. The van der Waals surface area contributed by atoms with Gasteiger partial charge in [0, 0.05) is 0 Å². The van der Waals surface area contributed by atoms with Crippen molar-refractivity contribution in [3.05, 3.63) is 71.8 Å². The van der Waals surface area contributed by atoms with Gasteiger partial charge >= 0.3 is 0 Å². The first kappa shape index (κ1) is 12.9. The highest BCUT2D eigenvalue weighted by Gasteiger charge is 2.01. The quantitative estimate of drug-likeness (QED) is 0.572. The van der Waals surface area contributed by atoms with Crippen LogP contribution < -0.4 is 0 Å². The summed E-state index contributed by atoms with van der Waals surface area (Å²) >= 11 is 0. The lowest BCUT2D eigenvalue weighted by Gasteiger charge is -2.06. The zero-order valence-corrected chi connectivity index (χ0v) is 12.2. The van der Waals surface area contributed by atoms with E-state index in [-0.39, 0.29) is 0 Å². The van der Waals surface area contributed by atoms with Gasteiger partial charge in [0.1, 0.15) is 0 Å². The molecule has 0 bridgehead atoms. The van der Waals surface area contributed by atoms with Gasteiger partial charge < -0.3 is 0 Å². The van der Waals surface area contributed by atoms with E-state index < -0.39 is 0 Å². The fourth-order valence-electron chi connectivity index (χ4n) is 2.63. The third-order valence-electron chi connectivity index (χ3n) is 4.01. The summed E-state index contributed by atoms with van der Waals surface area (Å²) in [4.78, 5) is 0. The van der Waals surface area contributed by atoms with E-state index in [9.17, 15) is 0 Å². The van der Waals surface area contributed by atoms with Crippen molar-refractivity contribution in [1.29, 1.82) is 0 Å². The minimum absolute atomic E-state index is 1.09. The molecule has 0 unspecified atom stereocenters. The van der Waals surface area contributed by atoms with Crippen LogP contribution in [0.15, 0.2) is 60.7 Å². The molecule has 0 spiro atoms. The molecule has 0 aromatic heterocycles. The van der Waals surface area contributed by atoms with Gasteiger partial charge in [-0.25, -0.2) is 0 Å². The molecule has 0 heterocycles. The molecule has 3 aromatic rings. The van der Waals surface area contributed by atoms with Crippen LogP contribution in [0.25, 0.3) is 21.9 Å². The molecule has 3 aromatic carbocycles. The van der Waals surface area contributed by atoms with Crippen LogP contribution in [0.3, 0.4) is 0 Å². The van der Waals surface area contributed by atoms with Gasteiger partial charge in [-0.15, -0.1) is 0 Å². The van der Waals surface area contributed by atoms with Crippen molar-refractivity contribution in [1.82, 2.24) is 0 Å². The van der Waals surface area contributed by atoms with Crippen LogP contribution in [0.5, 0.6) is 0 Å². The zero-order chi connectivity index (χ0) is 13.9. The smallest absolute Gasteiger partial charge is 0.0178 e. The van der Waals surface area contributed by atoms with Crippen LogP contribution in [-0.2, 0) is 12.8 Å². The van der Waals surface area contributed by atoms with Crippen LogP contribution in [0.4, 0.5) is 0 Å². The molecule has 0 aliphatic rings. The molecule has 0 nitrogen and oxygen atoms in total. The summed E-state index contributed by atoms with van der Waals surface area (Å²) in [5.74, 6) is 0. The normalized spacial score (nSPS) is 10.9. The van der Waals surface area contributed by atoms with Crippen molar-refractivity contribution in [2.24, 2.45) is 0 Å². The summed E-state index contributed by atoms with van der Waals surface area (Å²) < 4.78 is 0. The number of hydrogen-bond acceptors (Lipinski definition) is 0. The molecule has 0 amide bonds. The Hall–Kier alpha value is -2.08. The van der Waals surface area contributed by atoms with E-state index in [2.05, 4.69) is 74.5 Å². The maximum atomic E-state index is 2.29. The van der Waals surface area contributed by atoms with Crippen molar-refractivity contribution >= 4 is 10.8 Å². The van der Waals surface area contributed by atoms with Gasteiger partial charge in [-0.3, -0.25) is 0 Å². The predicted octanol–water partition coefficient (Wildman–Crippen LogP) is 5.63. The minimum atomic E-state index is 1.09. The van der Waals surface area contributed by atoms with Gasteiger partial charge in [0.05, 0.1) is 0 Å². The molecule has 0 saturated heterocycles. The van der Waals surface area contributed by atoms with Gasteiger partial charge in [-0.05, 0) is 51.9 Å². The molecular formula is C20H20. The minimum Gasteiger partial charge on any atom is -0.0613 e. The van der Waals surface area contributed by atoms with Crippen molar-refractivity contribution in [3.63, 3.8) is 0 Å². The Morgan fingerprint density at radius 1 is 0.550 bits per heavy atom. The Kier molecular flexibility index (Phi) is 3.56. The zero-order valence-electron chi connectivity index (χ0n) is 12.2. The van der Waals surface area contributed by atoms with Gasteiger partial charge in [0.2, 0.25) is 0 Å². The Morgan fingerprint density at radius 2 is 1.10 bits per heavy atom. The van der Waals surface area contributed by atoms with Crippen LogP contribution in [-0.4, -0.2) is 0 Å². The molecule has 0 aliphatic heterocycles. The molecule has 0 heteroatoms. The first-order chi connectivity index (χ1) is 9.80. The second kappa shape index (κ2) is 5.50. The number of benzene rings is 3. The maximum Gasteiger partial charge on any atom is -0.0178 e. The SMILES string of the molecule is CCc1ccc(-c2ccc3cc(CC)ccc3c2)cc1. The standard InChI is InChI=1S/C20H20/c1-3-15-5-8-17(9-6-15)19-12-11-18-13-16(4-2)7-10-20(18)14-19/h5-14H,3-4H2,1-2H3. The first-order valence-corrected chi connectivity index (χ1v) is 7.42. The fraction of sp³-hybridized carbons (Fsp3) is 0.200. The molecular weight excluding hydrogens is 240 g/mol. The van der Waals surface area contributed by atoms with Crippen molar-refractivity contribution in [2.75, 3.05) is 0 Å². The van der Waals surface area contributed by atoms with E-state index in [4.69, 9.17) is 0 Å². The monoisotopic (exact) mass is 260 g/mol. The van der Waals surface area contributed by atoms with Crippen LogP contribution >= 0.6 is 0 Å². The third kappa shape index (κ3) is 2.46. The lowest BCUT2D eigenvalue weighted by Crippen LogP contribution is -1.84. The second-order valence-corrected chi connectivity index (χ2v) is 5.30. The van der Waals surface area contributed by atoms with Crippen LogP contribution in [0, 0.1) is 0 Å². The number of fused-ring (bicyclic) bond motifs is 1. The lowest BCUT2D eigenvalue weighted by atomic mass is 9.98. The van der Waals surface area contributed by atoms with E-state index in [1.54, 1.807) is 0 Å². The van der Waals surface area contributed by atoms with Crippen LogP contribution in [0.2, 0.25) is 0 Å². The fourth-order valence-corrected chi connectivity index (χ4v) is 2.63. The molecule has 0 atom stereocenters. The van der Waals surface area contributed by atoms with Crippen LogP contribution in [0.1, 0.15) is 25.0 Å². The Bertz CT molecular complexity index is 721. The van der Waals surface area contributed by atoms with E-state index in [1.807, 2.05) is 0 Å². The topological polar surface area (TPSA) is 0 Å². The molecule has 0 fully saturated rings. The number of rotatable bonds is 3. The van der Waals surface area contributed by atoms with E-state index in [0.717, 1.165) is 12.8 Å². The number of hydrogen-bond donors (Lipinski definition) is 0. The molecule has 20 heavy (non-hydrogen) atoms. The van der Waals surface area contributed by atoms with E-state index in [0.29, 0.717) is 0 Å². The summed E-state index contributed by atoms with van der Waals surface area (Å²) in [6.07, 6.45) is 2.19. The molecule has 0 radical (unpaired) electrons. The van der Waals surface area contributed by atoms with Crippen molar-refractivity contribution < 1.29 is 0 Å². The van der Waals surface area contributed by atoms with Gasteiger partial charge in [-0.2, -0.15) is 0 Å². The Morgan fingerprint density at radius 3 is 1.80 bits per heavy atom. The van der Waals surface area contributed by atoms with E-state index >= 15 is 0 Å². The Labute approximate surface area is 121 Å². The largest absolute Gasteiger partial charge is 0.0613 e. The average molecular weight is 260 g/mol. The van der Waals surface area contributed by atoms with E-state index in [1.165, 1.54) is 33.0 Å². The molecule has 100 valence electrons.